The van der Waals surface area contributed by atoms with Gasteiger partial charge in [0.05, 0.1) is 23.7 Å². The Bertz CT molecular complexity index is 777. The molecule has 25 heavy (non-hydrogen) atoms. The van der Waals surface area contributed by atoms with Crippen molar-refractivity contribution < 1.29 is 9.53 Å². The number of hydrogen-bond acceptors (Lipinski definition) is 4. The minimum atomic E-state index is 0.184. The number of aryl methyl sites for hydroxylation is 1. The molecule has 1 N–H and O–H groups in total. The second-order valence-corrected chi connectivity index (χ2v) is 7.25. The van der Waals surface area contributed by atoms with E-state index in [1.54, 1.807) is 6.92 Å². The van der Waals surface area contributed by atoms with Crippen LogP contribution in [0.4, 0.5) is 0 Å². The predicted molar refractivity (Wildman–Crippen MR) is 96.4 cm³/mol. The molecule has 3 heterocycles. The van der Waals surface area contributed by atoms with E-state index in [1.807, 2.05) is 4.90 Å². The minimum absolute atomic E-state index is 0.184. The molecule has 1 amide bonds. The maximum absolute atomic E-state index is 11.4. The van der Waals surface area contributed by atoms with Crippen LogP contribution in [0.2, 0.25) is 0 Å². The largest absolute Gasteiger partial charge is 0.371 e. The highest BCUT2D eigenvalue weighted by atomic mass is 16.5. The summed E-state index contributed by atoms with van der Waals surface area (Å²) >= 11 is 0. The molecule has 1 saturated heterocycles. The number of hydrogen-bond donors (Lipinski definition) is 1. The molecule has 0 bridgehead atoms. The van der Waals surface area contributed by atoms with Gasteiger partial charge in [-0.05, 0) is 37.5 Å². The van der Waals surface area contributed by atoms with Gasteiger partial charge >= 0.3 is 0 Å². The molecular weight excluding hydrogens is 316 g/mol. The number of amides is 1. The number of ether oxygens (including phenoxy) is 1. The fraction of sp³-hybridized carbons (Fsp3) is 0.579. The van der Waals surface area contributed by atoms with E-state index in [1.165, 1.54) is 11.1 Å². The molecule has 0 saturated carbocycles. The van der Waals surface area contributed by atoms with E-state index >= 15 is 0 Å². The van der Waals surface area contributed by atoms with Crippen LogP contribution in [0.3, 0.4) is 0 Å². The van der Waals surface area contributed by atoms with E-state index < -0.39 is 0 Å². The molecular formula is C19H26N4O2. The lowest BCUT2D eigenvalue weighted by atomic mass is 10.0. The molecule has 1 fully saturated rings. The summed E-state index contributed by atoms with van der Waals surface area (Å²) in [5.74, 6) is 1.20. The topological polar surface area (TPSA) is 59.4 Å². The monoisotopic (exact) mass is 342 g/mol. The van der Waals surface area contributed by atoms with E-state index in [0.29, 0.717) is 19.3 Å². The van der Waals surface area contributed by atoms with Gasteiger partial charge in [-0.15, -0.1) is 0 Å². The van der Waals surface area contributed by atoms with Crippen LogP contribution in [0, 0.1) is 6.92 Å². The zero-order valence-corrected chi connectivity index (χ0v) is 15.0. The Morgan fingerprint density at radius 2 is 2.16 bits per heavy atom. The maximum atomic E-state index is 11.4. The van der Waals surface area contributed by atoms with Gasteiger partial charge in [-0.1, -0.05) is 6.07 Å². The van der Waals surface area contributed by atoms with E-state index in [9.17, 15) is 4.79 Å². The molecule has 2 aliphatic heterocycles. The molecule has 0 spiro atoms. The van der Waals surface area contributed by atoms with Crippen molar-refractivity contribution in [3.8, 4) is 0 Å². The first-order chi connectivity index (χ1) is 12.1. The third-order valence-corrected chi connectivity index (χ3v) is 5.41. The molecule has 2 aliphatic rings. The summed E-state index contributed by atoms with van der Waals surface area (Å²) in [6.45, 7) is 7.65. The van der Waals surface area contributed by atoms with Crippen molar-refractivity contribution in [3.63, 3.8) is 0 Å². The van der Waals surface area contributed by atoms with Gasteiger partial charge in [0.2, 0.25) is 5.91 Å². The molecule has 1 atom stereocenters. The second kappa shape index (κ2) is 6.77. The number of imidazole rings is 1. The Morgan fingerprint density at radius 1 is 1.36 bits per heavy atom. The standard InChI is InChI=1S/C19H26N4O2/c1-13-3-4-17-18(9-13)23-16(11-25-12-19(23)21-17)10-20-15-5-7-22(8-6-15)14(2)24/h3-4,9,15-16,20H,5-8,10-12H2,1-2H3. The molecule has 4 rings (SSSR count). The first-order valence-corrected chi connectivity index (χ1v) is 9.16. The predicted octanol–water partition coefficient (Wildman–Crippen LogP) is 2.02. The summed E-state index contributed by atoms with van der Waals surface area (Å²) in [4.78, 5) is 18.1. The Kier molecular flexibility index (Phi) is 4.48. The lowest BCUT2D eigenvalue weighted by molar-refractivity contribution is -0.129. The van der Waals surface area contributed by atoms with Crippen LogP contribution in [-0.2, 0) is 16.1 Å². The number of aromatic nitrogens is 2. The molecule has 0 radical (unpaired) electrons. The van der Waals surface area contributed by atoms with Gasteiger partial charge in [0.25, 0.3) is 0 Å². The van der Waals surface area contributed by atoms with Gasteiger partial charge in [-0.25, -0.2) is 4.98 Å². The normalized spacial score (nSPS) is 21.5. The second-order valence-electron chi connectivity index (χ2n) is 7.25. The summed E-state index contributed by atoms with van der Waals surface area (Å²) < 4.78 is 8.13. The van der Waals surface area contributed by atoms with Crippen LogP contribution in [0.1, 0.15) is 37.2 Å². The molecule has 1 unspecified atom stereocenters. The number of carbonyl (C=O) groups is 1. The number of fused-ring (bicyclic) bond motifs is 3. The number of likely N-dealkylation sites (tertiary alicyclic amines) is 1. The van der Waals surface area contributed by atoms with Crippen molar-refractivity contribution in [3.05, 3.63) is 29.6 Å². The van der Waals surface area contributed by atoms with Crippen LogP contribution in [0.15, 0.2) is 18.2 Å². The van der Waals surface area contributed by atoms with E-state index in [-0.39, 0.29) is 11.9 Å². The third kappa shape index (κ3) is 3.28. The molecule has 0 aliphatic carbocycles. The van der Waals surface area contributed by atoms with Gasteiger partial charge in [-0.3, -0.25) is 4.79 Å². The van der Waals surface area contributed by atoms with Gasteiger partial charge < -0.3 is 19.5 Å². The molecule has 6 nitrogen and oxygen atoms in total. The SMILES string of the molecule is CC(=O)N1CCC(NCC2COCc3nc4ccc(C)cc4n32)CC1. The highest BCUT2D eigenvalue weighted by molar-refractivity contribution is 5.77. The van der Waals surface area contributed by atoms with E-state index in [0.717, 1.165) is 43.8 Å². The zero-order chi connectivity index (χ0) is 17.4. The summed E-state index contributed by atoms with van der Waals surface area (Å²) in [6.07, 6.45) is 2.04. The zero-order valence-electron chi connectivity index (χ0n) is 15.0. The van der Waals surface area contributed by atoms with Crippen molar-refractivity contribution in [1.82, 2.24) is 19.8 Å². The van der Waals surface area contributed by atoms with Crippen molar-refractivity contribution in [1.29, 1.82) is 0 Å². The van der Waals surface area contributed by atoms with Crippen LogP contribution < -0.4 is 5.32 Å². The van der Waals surface area contributed by atoms with Crippen molar-refractivity contribution in [2.75, 3.05) is 26.2 Å². The average Bonchev–Trinajstić information content (AvgIpc) is 2.98. The fourth-order valence-electron chi connectivity index (χ4n) is 3.97. The van der Waals surface area contributed by atoms with E-state index in [4.69, 9.17) is 9.72 Å². The Balaban J connectivity index is 1.46. The van der Waals surface area contributed by atoms with Gasteiger partial charge in [0.15, 0.2) is 0 Å². The number of nitrogens with zero attached hydrogens (tertiary/aromatic N) is 3. The number of carbonyl (C=O) groups excluding carboxylic acids is 1. The maximum Gasteiger partial charge on any atom is 0.219 e. The van der Waals surface area contributed by atoms with Gasteiger partial charge in [0.1, 0.15) is 12.4 Å². The lowest BCUT2D eigenvalue weighted by Crippen LogP contribution is -2.46. The summed E-state index contributed by atoms with van der Waals surface area (Å²) in [7, 11) is 0. The fourth-order valence-corrected chi connectivity index (χ4v) is 3.97. The van der Waals surface area contributed by atoms with Gasteiger partial charge in [-0.2, -0.15) is 0 Å². The van der Waals surface area contributed by atoms with Crippen LogP contribution in [0.5, 0.6) is 0 Å². The third-order valence-electron chi connectivity index (χ3n) is 5.41. The Morgan fingerprint density at radius 3 is 2.92 bits per heavy atom. The number of benzene rings is 1. The molecule has 6 heteroatoms. The summed E-state index contributed by atoms with van der Waals surface area (Å²) in [6, 6.07) is 7.16. The van der Waals surface area contributed by atoms with Gasteiger partial charge in [0, 0.05) is 32.6 Å². The summed E-state index contributed by atoms with van der Waals surface area (Å²) in [5.41, 5.74) is 3.51. The van der Waals surface area contributed by atoms with Crippen LogP contribution in [0.25, 0.3) is 11.0 Å². The number of piperidine rings is 1. The number of rotatable bonds is 3. The quantitative estimate of drug-likeness (QED) is 0.927. The molecule has 1 aromatic carbocycles. The minimum Gasteiger partial charge on any atom is -0.371 e. The molecule has 134 valence electrons. The van der Waals surface area contributed by atoms with Crippen molar-refractivity contribution in [2.24, 2.45) is 0 Å². The average molecular weight is 342 g/mol. The van der Waals surface area contributed by atoms with E-state index in [2.05, 4.69) is 35.0 Å². The van der Waals surface area contributed by atoms with Crippen LogP contribution >= 0.6 is 0 Å². The lowest BCUT2D eigenvalue weighted by Gasteiger charge is -2.33. The first kappa shape index (κ1) is 16.5. The Hall–Kier alpha value is -1.92. The van der Waals surface area contributed by atoms with Crippen molar-refractivity contribution in [2.45, 2.75) is 45.4 Å². The molecule has 1 aromatic heterocycles. The highest BCUT2D eigenvalue weighted by Crippen LogP contribution is 2.26. The number of nitrogens with one attached hydrogen (secondary N) is 1. The summed E-state index contributed by atoms with van der Waals surface area (Å²) in [5, 5.41) is 3.69. The Labute approximate surface area is 148 Å². The smallest absolute Gasteiger partial charge is 0.219 e. The molecule has 2 aromatic rings. The van der Waals surface area contributed by atoms with Crippen molar-refractivity contribution >= 4 is 16.9 Å². The van der Waals surface area contributed by atoms with Crippen LogP contribution in [-0.4, -0.2) is 52.6 Å². The first-order valence-electron chi connectivity index (χ1n) is 9.16. The highest BCUT2D eigenvalue weighted by Gasteiger charge is 2.26.